The first-order valence-electron chi connectivity index (χ1n) is 18.5. The smallest absolute Gasteiger partial charge is 0.251 e. The van der Waals surface area contributed by atoms with Crippen LogP contribution in [-0.2, 0) is 24.3 Å². The van der Waals surface area contributed by atoms with Gasteiger partial charge in [0.05, 0.1) is 19.1 Å². The van der Waals surface area contributed by atoms with E-state index in [1.807, 2.05) is 60.0 Å². The number of carbonyl (C=O) groups excluding carboxylic acids is 2. The number of aromatic nitrogens is 1. The second-order valence-corrected chi connectivity index (χ2v) is 15.8. The Labute approximate surface area is 307 Å². The zero-order valence-corrected chi connectivity index (χ0v) is 30.5. The van der Waals surface area contributed by atoms with E-state index in [0.29, 0.717) is 62.6 Å². The van der Waals surface area contributed by atoms with Gasteiger partial charge in [-0.3, -0.25) is 19.4 Å². The molecule has 1 aromatic heterocycles. The molecule has 0 radical (unpaired) electrons. The van der Waals surface area contributed by atoms with E-state index in [9.17, 15) is 18.4 Å². The second-order valence-electron chi connectivity index (χ2n) is 15.8. The lowest BCUT2D eigenvalue weighted by atomic mass is 9.86. The number of likely N-dealkylation sites (tertiary alicyclic amines) is 1. The van der Waals surface area contributed by atoms with Crippen LogP contribution in [-0.4, -0.2) is 83.1 Å². The molecule has 1 spiro atoms. The van der Waals surface area contributed by atoms with E-state index in [0.717, 1.165) is 51.6 Å². The minimum Gasteiger partial charge on any atom is -0.371 e. The fourth-order valence-corrected chi connectivity index (χ4v) is 9.48. The van der Waals surface area contributed by atoms with E-state index in [2.05, 4.69) is 16.5 Å². The van der Waals surface area contributed by atoms with Crippen LogP contribution in [0, 0.1) is 17.0 Å². The average Bonchev–Trinajstić information content (AvgIpc) is 3.90. The van der Waals surface area contributed by atoms with Crippen LogP contribution in [0.4, 0.5) is 23.2 Å². The minimum atomic E-state index is -2.67. The molecule has 278 valence electrons. The van der Waals surface area contributed by atoms with Gasteiger partial charge in [-0.1, -0.05) is 30.4 Å². The lowest BCUT2D eigenvalue weighted by molar-refractivity contribution is -0.131. The highest BCUT2D eigenvalue weighted by Gasteiger charge is 2.46. The predicted molar refractivity (Wildman–Crippen MR) is 198 cm³/mol. The number of allylic oxidation sites excluding steroid dienone is 1. The third-order valence-electron chi connectivity index (χ3n) is 12.1. The van der Waals surface area contributed by atoms with Crippen LogP contribution in [0.25, 0.3) is 16.5 Å². The van der Waals surface area contributed by atoms with Crippen molar-refractivity contribution in [3.63, 3.8) is 0 Å². The number of anilines is 1. The Kier molecular flexibility index (Phi) is 9.00. The normalized spacial score (nSPS) is 23.1. The van der Waals surface area contributed by atoms with Crippen LogP contribution in [0.5, 0.6) is 0 Å². The molecule has 3 aromatic carbocycles. The van der Waals surface area contributed by atoms with Gasteiger partial charge >= 0.3 is 0 Å². The summed E-state index contributed by atoms with van der Waals surface area (Å²) in [5.41, 5.74) is 6.79. The molecule has 3 atom stereocenters. The SMILES string of the molecule is C=C(C)c1cc2c(cc1C(C)=O)CN(CC(=O)N1CCC3(CCN(c4cc(F)c(C5c6[nH]c7ccccc7c6C[C@@H](C)N5CC(F)F)c(F)c4)C3)C1)C2. The predicted octanol–water partition coefficient (Wildman–Crippen LogP) is 7.73. The van der Waals surface area contributed by atoms with Crippen LogP contribution >= 0.6 is 0 Å². The average molecular weight is 728 g/mol. The van der Waals surface area contributed by atoms with Gasteiger partial charge < -0.3 is 14.8 Å². The maximum absolute atomic E-state index is 16.3. The van der Waals surface area contributed by atoms with Crippen LogP contribution in [0.2, 0.25) is 0 Å². The van der Waals surface area contributed by atoms with Crippen molar-refractivity contribution in [3.05, 3.63) is 106 Å². The van der Waals surface area contributed by atoms with Gasteiger partial charge in [0, 0.05) is 84.1 Å². The van der Waals surface area contributed by atoms with Gasteiger partial charge in [0.15, 0.2) is 5.78 Å². The highest BCUT2D eigenvalue weighted by molar-refractivity contribution is 5.99. The molecule has 2 saturated heterocycles. The van der Waals surface area contributed by atoms with Crippen molar-refractivity contribution in [3.8, 4) is 0 Å². The quantitative estimate of drug-likeness (QED) is 0.149. The largest absolute Gasteiger partial charge is 0.371 e. The van der Waals surface area contributed by atoms with E-state index in [1.54, 1.807) is 6.92 Å². The van der Waals surface area contributed by atoms with Gasteiger partial charge in [-0.15, -0.1) is 0 Å². The number of carbonyl (C=O) groups is 2. The van der Waals surface area contributed by atoms with Gasteiger partial charge in [-0.2, -0.15) is 0 Å². The van der Waals surface area contributed by atoms with Gasteiger partial charge in [-0.05, 0) is 92.6 Å². The first kappa shape index (κ1) is 35.5. The Morgan fingerprint density at radius 3 is 2.32 bits per heavy atom. The monoisotopic (exact) mass is 727 g/mol. The molecular formula is C42H45F4N5O2. The molecule has 4 aromatic rings. The Morgan fingerprint density at radius 2 is 1.64 bits per heavy atom. The molecule has 1 amide bonds. The molecule has 1 N–H and O–H groups in total. The van der Waals surface area contributed by atoms with E-state index >= 15 is 8.78 Å². The maximum atomic E-state index is 16.3. The number of hydrogen-bond acceptors (Lipinski definition) is 5. The highest BCUT2D eigenvalue weighted by atomic mass is 19.3. The van der Waals surface area contributed by atoms with Gasteiger partial charge in [0.25, 0.3) is 6.43 Å². The zero-order chi connectivity index (χ0) is 37.3. The molecule has 53 heavy (non-hydrogen) atoms. The molecule has 0 bridgehead atoms. The summed E-state index contributed by atoms with van der Waals surface area (Å²) in [6.07, 6.45) is -0.593. The zero-order valence-electron chi connectivity index (χ0n) is 30.5. The molecule has 8 rings (SSSR count). The van der Waals surface area contributed by atoms with Crippen LogP contribution in [0.15, 0.2) is 55.1 Å². The molecule has 2 unspecified atom stereocenters. The number of H-pyrrole nitrogens is 1. The van der Waals surface area contributed by atoms with Gasteiger partial charge in [0.2, 0.25) is 5.91 Å². The number of nitrogens with one attached hydrogen (secondary N) is 1. The summed E-state index contributed by atoms with van der Waals surface area (Å²) < 4.78 is 60.4. The minimum absolute atomic E-state index is 0.00553. The van der Waals surface area contributed by atoms with Gasteiger partial charge in [0.1, 0.15) is 11.6 Å². The van der Waals surface area contributed by atoms with Crippen molar-refractivity contribution in [1.29, 1.82) is 0 Å². The fourth-order valence-electron chi connectivity index (χ4n) is 9.48. The number of hydrogen-bond donors (Lipinski definition) is 1. The number of para-hydroxylation sites is 1. The molecule has 5 heterocycles. The molecule has 2 fully saturated rings. The third-order valence-corrected chi connectivity index (χ3v) is 12.1. The number of rotatable bonds is 8. The van der Waals surface area contributed by atoms with Crippen molar-refractivity contribution in [2.75, 3.05) is 44.2 Å². The fraction of sp³-hybridized carbons (Fsp3) is 0.429. The molecule has 11 heteroatoms. The van der Waals surface area contributed by atoms with Crippen molar-refractivity contribution in [1.82, 2.24) is 19.7 Å². The third kappa shape index (κ3) is 6.35. The van der Waals surface area contributed by atoms with E-state index in [-0.39, 0.29) is 35.3 Å². The number of nitrogens with zero attached hydrogens (tertiary/aromatic N) is 4. The summed E-state index contributed by atoms with van der Waals surface area (Å²) >= 11 is 0. The van der Waals surface area contributed by atoms with E-state index in [1.165, 1.54) is 17.0 Å². The topological polar surface area (TPSA) is 62.9 Å². The Balaban J connectivity index is 0.973. The molecule has 4 aliphatic heterocycles. The van der Waals surface area contributed by atoms with Crippen molar-refractivity contribution in [2.24, 2.45) is 5.41 Å². The number of ketones is 1. The number of Topliss-reactive ketones (excluding diaryl/α,β-unsaturated/α-hetero) is 1. The van der Waals surface area contributed by atoms with Crippen molar-refractivity contribution >= 4 is 33.9 Å². The number of benzene rings is 3. The van der Waals surface area contributed by atoms with Crippen LogP contribution < -0.4 is 4.90 Å². The summed E-state index contributed by atoms with van der Waals surface area (Å²) in [7, 11) is 0. The van der Waals surface area contributed by atoms with Crippen molar-refractivity contribution < 1.29 is 27.2 Å². The summed E-state index contributed by atoms with van der Waals surface area (Å²) in [6, 6.07) is 12.9. The Bertz CT molecular complexity index is 2080. The summed E-state index contributed by atoms with van der Waals surface area (Å²) in [5.74, 6) is -1.48. The number of halogens is 4. The number of aromatic amines is 1. The lowest BCUT2D eigenvalue weighted by Gasteiger charge is -2.41. The molecule has 0 saturated carbocycles. The van der Waals surface area contributed by atoms with E-state index < -0.39 is 30.6 Å². The first-order valence-corrected chi connectivity index (χ1v) is 18.5. The van der Waals surface area contributed by atoms with Gasteiger partial charge in [-0.25, -0.2) is 17.6 Å². The summed E-state index contributed by atoms with van der Waals surface area (Å²) in [6.45, 7) is 12.6. The standard InChI is InChI=1S/C42H45F4N5O2/c1-24(2)31-14-27-18-48(19-28(27)15-32(31)26(4)52)21-38(53)50-12-10-42(23-50)9-11-49(22-42)29-16-34(43)39(35(44)17-29)41-40-33(13-25(3)51(41)20-37(45)46)30-7-5-6-8-36(30)47-40/h5-8,14-17,25,37,41,47H,1,9-13,18-23H2,2-4H3/t25-,41?,42?/m1/s1. The summed E-state index contributed by atoms with van der Waals surface area (Å²) in [4.78, 5) is 36.7. The molecular weight excluding hydrogens is 682 g/mol. The number of amides is 1. The molecule has 4 aliphatic rings. The first-order chi connectivity index (χ1) is 25.3. The molecule has 7 nitrogen and oxygen atoms in total. The molecule has 0 aliphatic carbocycles. The van der Waals surface area contributed by atoms with Crippen LogP contribution in [0.1, 0.15) is 83.5 Å². The van der Waals surface area contributed by atoms with Crippen LogP contribution in [0.3, 0.4) is 0 Å². The Hall–Kier alpha value is -4.48. The van der Waals surface area contributed by atoms with E-state index in [4.69, 9.17) is 0 Å². The number of alkyl halides is 2. The number of fused-ring (bicyclic) bond motifs is 4. The Morgan fingerprint density at radius 1 is 0.962 bits per heavy atom. The second kappa shape index (κ2) is 13.4. The van der Waals surface area contributed by atoms with Crippen molar-refractivity contribution in [2.45, 2.75) is 71.6 Å². The maximum Gasteiger partial charge on any atom is 0.251 e. The lowest BCUT2D eigenvalue weighted by Crippen LogP contribution is -2.45. The summed E-state index contributed by atoms with van der Waals surface area (Å²) in [5, 5.41) is 0.936. The highest BCUT2D eigenvalue weighted by Crippen LogP contribution is 2.45.